The smallest absolute Gasteiger partial charge is 1.00 e. The van der Waals surface area contributed by atoms with Gasteiger partial charge in [0.1, 0.15) is 0 Å². The van der Waals surface area contributed by atoms with Gasteiger partial charge in [-0.15, -0.1) is 4.89 Å². The van der Waals surface area contributed by atoms with Crippen LogP contribution in [0.2, 0.25) is 0 Å². The SMILES string of the molecule is O=[P+](O)Oc1ccccc1.[H-].[H-].[Na+].[Na+]. The summed E-state index contributed by atoms with van der Waals surface area (Å²) in [5, 5.41) is 0. The minimum atomic E-state index is -2.53. The molecule has 12 heavy (non-hydrogen) atoms. The van der Waals surface area contributed by atoms with E-state index < -0.39 is 8.25 Å². The van der Waals surface area contributed by atoms with Gasteiger partial charge in [0.05, 0.1) is 0 Å². The predicted octanol–water partition coefficient (Wildman–Crippen LogP) is -4.05. The average Bonchev–Trinajstić information content (AvgIpc) is 1.88. The second kappa shape index (κ2) is 8.67. The van der Waals surface area contributed by atoms with Crippen LogP contribution in [0.3, 0.4) is 0 Å². The number of hydrogen-bond donors (Lipinski definition) is 1. The third-order valence-electron chi connectivity index (χ3n) is 0.927. The van der Waals surface area contributed by atoms with Crippen LogP contribution >= 0.6 is 8.25 Å². The second-order valence-corrected chi connectivity index (χ2v) is 2.30. The zero-order valence-electron chi connectivity index (χ0n) is 9.10. The van der Waals surface area contributed by atoms with E-state index in [0.29, 0.717) is 5.75 Å². The normalized spacial score (nSPS) is 8.92. The van der Waals surface area contributed by atoms with Crippen molar-refractivity contribution in [2.45, 2.75) is 0 Å². The Kier molecular flexibility index (Phi) is 11.2. The van der Waals surface area contributed by atoms with E-state index >= 15 is 0 Å². The topological polar surface area (TPSA) is 46.5 Å². The van der Waals surface area contributed by atoms with Gasteiger partial charge in [0.2, 0.25) is 0 Å². The van der Waals surface area contributed by atoms with Crippen molar-refractivity contribution in [3.05, 3.63) is 30.3 Å². The van der Waals surface area contributed by atoms with Crippen molar-refractivity contribution in [2.24, 2.45) is 0 Å². The molecule has 0 aliphatic rings. The predicted molar refractivity (Wildman–Crippen MR) is 39.1 cm³/mol. The standard InChI is InChI=1S/C6H5O3P.2Na.2H/c7-10(8)9-6-4-2-1-3-5-6;;;;/h1-5H;;;;/q;2*+1;2*-1/p+1. The first-order valence-corrected chi connectivity index (χ1v) is 3.81. The van der Waals surface area contributed by atoms with Gasteiger partial charge >= 0.3 is 67.4 Å². The largest absolute Gasteiger partial charge is 1.00 e. The third-order valence-corrected chi connectivity index (χ3v) is 1.29. The summed E-state index contributed by atoms with van der Waals surface area (Å²) in [7, 11) is -2.53. The molecule has 56 valence electrons. The molecule has 0 spiro atoms. The molecule has 1 N–H and O–H groups in total. The molecule has 0 radical (unpaired) electrons. The summed E-state index contributed by atoms with van der Waals surface area (Å²) < 4.78 is 14.6. The van der Waals surface area contributed by atoms with E-state index in [-0.39, 0.29) is 62.0 Å². The molecule has 0 aromatic heterocycles. The van der Waals surface area contributed by atoms with E-state index in [1.54, 1.807) is 30.3 Å². The summed E-state index contributed by atoms with van der Waals surface area (Å²) in [6.45, 7) is 0. The Balaban J connectivity index is -0.000000125. The van der Waals surface area contributed by atoms with Gasteiger partial charge in [0.15, 0.2) is 5.75 Å². The van der Waals surface area contributed by atoms with Crippen LogP contribution in [0.25, 0.3) is 0 Å². The number of para-hydroxylation sites is 1. The summed E-state index contributed by atoms with van der Waals surface area (Å²) in [6.07, 6.45) is 0. The molecule has 0 amide bonds. The molecule has 3 nitrogen and oxygen atoms in total. The van der Waals surface area contributed by atoms with Crippen LogP contribution in [0, 0.1) is 0 Å². The van der Waals surface area contributed by atoms with E-state index in [1.165, 1.54) is 0 Å². The molecule has 0 heterocycles. The Morgan fingerprint density at radius 1 is 1.25 bits per heavy atom. The molecule has 0 saturated carbocycles. The zero-order chi connectivity index (χ0) is 7.40. The maximum atomic E-state index is 10.1. The molecular formula is C6H8Na2O3P+. The molecule has 1 aromatic rings. The van der Waals surface area contributed by atoms with E-state index in [1.807, 2.05) is 0 Å². The summed E-state index contributed by atoms with van der Waals surface area (Å²) >= 11 is 0. The molecular weight excluding hydrogens is 197 g/mol. The fourth-order valence-corrected chi connectivity index (χ4v) is 0.874. The molecule has 0 bridgehead atoms. The van der Waals surface area contributed by atoms with Gasteiger partial charge in [-0.1, -0.05) is 18.2 Å². The van der Waals surface area contributed by atoms with Crippen LogP contribution in [0.15, 0.2) is 30.3 Å². The Labute approximate surface area is 119 Å². The Bertz CT molecular complexity index is 238. The maximum Gasteiger partial charge on any atom is 1.00 e. The van der Waals surface area contributed by atoms with Crippen molar-refractivity contribution >= 4 is 8.25 Å². The van der Waals surface area contributed by atoms with Gasteiger partial charge in [0, 0.05) is 4.57 Å². The fourth-order valence-electron chi connectivity index (χ4n) is 0.572. The summed E-state index contributed by atoms with van der Waals surface area (Å²) in [5.41, 5.74) is 0. The van der Waals surface area contributed by atoms with Gasteiger partial charge in [-0.05, 0) is 12.1 Å². The quantitative estimate of drug-likeness (QED) is 0.395. The summed E-state index contributed by atoms with van der Waals surface area (Å²) in [6, 6.07) is 8.49. The Morgan fingerprint density at radius 2 is 1.75 bits per heavy atom. The van der Waals surface area contributed by atoms with Crippen LogP contribution in [0.4, 0.5) is 0 Å². The third kappa shape index (κ3) is 6.58. The molecule has 0 aliphatic carbocycles. The van der Waals surface area contributed by atoms with Crippen molar-refractivity contribution in [1.82, 2.24) is 0 Å². The molecule has 0 aliphatic heterocycles. The van der Waals surface area contributed by atoms with E-state index in [2.05, 4.69) is 4.52 Å². The fraction of sp³-hybridized carbons (Fsp3) is 0. The minimum Gasteiger partial charge on any atom is -1.00 e. The van der Waals surface area contributed by atoms with Crippen molar-refractivity contribution in [3.8, 4) is 5.75 Å². The first kappa shape index (κ1) is 15.5. The van der Waals surface area contributed by atoms with Crippen LogP contribution in [0.5, 0.6) is 5.75 Å². The molecule has 6 heteroatoms. The van der Waals surface area contributed by atoms with Gasteiger partial charge < -0.3 is 2.85 Å². The van der Waals surface area contributed by atoms with Gasteiger partial charge in [-0.25, -0.2) is 4.52 Å². The van der Waals surface area contributed by atoms with Crippen molar-refractivity contribution < 1.29 is 76.0 Å². The minimum absolute atomic E-state index is 0. The van der Waals surface area contributed by atoms with Gasteiger partial charge in [0.25, 0.3) is 0 Å². The zero-order valence-corrected chi connectivity index (χ0v) is 12.0. The van der Waals surface area contributed by atoms with E-state index in [0.717, 1.165) is 0 Å². The van der Waals surface area contributed by atoms with Crippen LogP contribution in [0.1, 0.15) is 2.85 Å². The molecule has 1 unspecified atom stereocenters. The van der Waals surface area contributed by atoms with Crippen molar-refractivity contribution in [1.29, 1.82) is 0 Å². The van der Waals surface area contributed by atoms with Crippen LogP contribution < -0.4 is 63.6 Å². The number of hydrogen-bond acceptors (Lipinski definition) is 2. The van der Waals surface area contributed by atoms with Crippen molar-refractivity contribution in [2.75, 3.05) is 0 Å². The van der Waals surface area contributed by atoms with E-state index in [9.17, 15) is 4.57 Å². The summed E-state index contributed by atoms with van der Waals surface area (Å²) in [4.78, 5) is 8.29. The van der Waals surface area contributed by atoms with Crippen LogP contribution in [-0.4, -0.2) is 4.89 Å². The Hall–Kier alpha value is 1.08. The average molecular weight is 205 g/mol. The van der Waals surface area contributed by atoms with Crippen LogP contribution in [-0.2, 0) is 4.57 Å². The number of benzene rings is 1. The molecule has 1 atom stereocenters. The van der Waals surface area contributed by atoms with E-state index in [4.69, 9.17) is 4.89 Å². The monoisotopic (exact) mass is 205 g/mol. The second-order valence-electron chi connectivity index (χ2n) is 1.64. The number of rotatable bonds is 2. The molecule has 1 rings (SSSR count). The Morgan fingerprint density at radius 3 is 2.17 bits per heavy atom. The van der Waals surface area contributed by atoms with Crippen molar-refractivity contribution in [3.63, 3.8) is 0 Å². The first-order chi connectivity index (χ1) is 4.79. The van der Waals surface area contributed by atoms with Gasteiger partial charge in [-0.3, -0.25) is 0 Å². The maximum absolute atomic E-state index is 10.1. The molecule has 0 fully saturated rings. The first-order valence-electron chi connectivity index (χ1n) is 2.68. The molecule has 0 saturated heterocycles. The summed E-state index contributed by atoms with van der Waals surface area (Å²) in [5.74, 6) is 0.408. The van der Waals surface area contributed by atoms with Gasteiger partial charge in [-0.2, -0.15) is 0 Å². The molecule has 1 aromatic carbocycles.